The van der Waals surface area contributed by atoms with Crippen LogP contribution in [0.2, 0.25) is 0 Å². The summed E-state index contributed by atoms with van der Waals surface area (Å²) in [7, 11) is 0. The molecule has 0 bridgehead atoms. The average Bonchev–Trinajstić information content (AvgIpc) is 3.19. The van der Waals surface area contributed by atoms with E-state index in [9.17, 15) is 9.59 Å². The van der Waals surface area contributed by atoms with Gasteiger partial charge in [0, 0.05) is 5.69 Å². The number of anilines is 1. The molecule has 4 heteroatoms. The Hall–Kier alpha value is -1.84. The van der Waals surface area contributed by atoms with Gasteiger partial charge in [-0.3, -0.25) is 9.59 Å². The number of hydrogen-bond donors (Lipinski definition) is 1. The molecule has 1 aromatic carbocycles. The van der Waals surface area contributed by atoms with Crippen LogP contribution in [0.25, 0.3) is 0 Å². The topological polar surface area (TPSA) is 49.4 Å². The summed E-state index contributed by atoms with van der Waals surface area (Å²) in [5.74, 6) is 0.317. The molecule has 4 nitrogen and oxygen atoms in total. The molecule has 1 saturated heterocycles. The van der Waals surface area contributed by atoms with Crippen molar-refractivity contribution in [1.82, 2.24) is 5.32 Å². The molecule has 0 aromatic heterocycles. The van der Waals surface area contributed by atoms with Gasteiger partial charge in [-0.25, -0.2) is 0 Å². The summed E-state index contributed by atoms with van der Waals surface area (Å²) in [6.45, 7) is 4.10. The Bertz CT molecular complexity index is 549. The van der Waals surface area contributed by atoms with Crippen molar-refractivity contribution in [3.05, 3.63) is 29.3 Å². The number of benzene rings is 1. The van der Waals surface area contributed by atoms with Gasteiger partial charge in [-0.15, -0.1) is 0 Å². The molecule has 1 aliphatic heterocycles. The first-order valence-electron chi connectivity index (χ1n) is 6.74. The van der Waals surface area contributed by atoms with Crippen molar-refractivity contribution >= 4 is 17.5 Å². The largest absolute Gasteiger partial charge is 0.342 e. The van der Waals surface area contributed by atoms with E-state index in [0.29, 0.717) is 5.92 Å². The summed E-state index contributed by atoms with van der Waals surface area (Å²) >= 11 is 0. The molecule has 1 saturated carbocycles. The molecule has 0 spiro atoms. The summed E-state index contributed by atoms with van der Waals surface area (Å²) in [6, 6.07) is 5.68. The van der Waals surface area contributed by atoms with Crippen molar-refractivity contribution in [2.24, 2.45) is 5.92 Å². The molecule has 1 atom stereocenters. The van der Waals surface area contributed by atoms with Crippen LogP contribution in [0, 0.1) is 19.8 Å². The van der Waals surface area contributed by atoms with Gasteiger partial charge in [0.1, 0.15) is 12.6 Å². The van der Waals surface area contributed by atoms with E-state index in [1.807, 2.05) is 32.0 Å². The number of nitrogens with zero attached hydrogens (tertiary/aromatic N) is 1. The van der Waals surface area contributed by atoms with Crippen LogP contribution in [0.4, 0.5) is 5.69 Å². The number of aryl methyl sites for hydroxylation is 2. The average molecular weight is 258 g/mol. The molecule has 1 unspecified atom stereocenters. The monoisotopic (exact) mass is 258 g/mol. The number of amides is 2. The van der Waals surface area contributed by atoms with Crippen LogP contribution < -0.4 is 10.2 Å². The van der Waals surface area contributed by atoms with E-state index in [1.165, 1.54) is 0 Å². The molecule has 100 valence electrons. The van der Waals surface area contributed by atoms with Crippen LogP contribution in [0.3, 0.4) is 0 Å². The van der Waals surface area contributed by atoms with Crippen molar-refractivity contribution in [3.63, 3.8) is 0 Å². The molecular formula is C15H18N2O2. The van der Waals surface area contributed by atoms with Gasteiger partial charge >= 0.3 is 0 Å². The zero-order chi connectivity index (χ0) is 13.6. The van der Waals surface area contributed by atoms with Gasteiger partial charge in [-0.2, -0.15) is 0 Å². The normalized spacial score (nSPS) is 23.5. The number of carbonyl (C=O) groups is 2. The number of hydrogen-bond acceptors (Lipinski definition) is 2. The van der Waals surface area contributed by atoms with Gasteiger partial charge in [0.05, 0.1) is 0 Å². The van der Waals surface area contributed by atoms with Crippen molar-refractivity contribution in [2.45, 2.75) is 32.7 Å². The lowest BCUT2D eigenvalue weighted by Gasteiger charge is -2.33. The highest BCUT2D eigenvalue weighted by atomic mass is 16.2. The van der Waals surface area contributed by atoms with Gasteiger partial charge in [0.15, 0.2) is 0 Å². The lowest BCUT2D eigenvalue weighted by Crippen LogP contribution is -2.59. The Morgan fingerprint density at radius 3 is 2.63 bits per heavy atom. The first-order chi connectivity index (χ1) is 9.06. The third kappa shape index (κ3) is 2.23. The zero-order valence-corrected chi connectivity index (χ0v) is 11.3. The highest BCUT2D eigenvalue weighted by molar-refractivity contribution is 6.07. The van der Waals surface area contributed by atoms with Crippen LogP contribution in [-0.2, 0) is 9.59 Å². The highest BCUT2D eigenvalue weighted by Crippen LogP contribution is 2.35. The molecule has 1 aromatic rings. The number of carbonyl (C=O) groups excluding carboxylic acids is 2. The Labute approximate surface area is 112 Å². The van der Waals surface area contributed by atoms with Crippen LogP contribution in [0.15, 0.2) is 18.2 Å². The van der Waals surface area contributed by atoms with Gasteiger partial charge in [-0.05, 0) is 49.8 Å². The first kappa shape index (κ1) is 12.2. The zero-order valence-electron chi connectivity index (χ0n) is 11.3. The molecular weight excluding hydrogens is 240 g/mol. The number of piperazine rings is 1. The lowest BCUT2D eigenvalue weighted by atomic mass is 10.0. The van der Waals surface area contributed by atoms with Crippen molar-refractivity contribution < 1.29 is 9.59 Å². The summed E-state index contributed by atoms with van der Waals surface area (Å²) in [5, 5.41) is 2.83. The van der Waals surface area contributed by atoms with Crippen LogP contribution in [0.1, 0.15) is 24.0 Å². The first-order valence-corrected chi connectivity index (χ1v) is 6.74. The SMILES string of the molecule is Cc1ccc(C)c(N2CC(=O)NC(C3CC3)C2=O)c1. The summed E-state index contributed by atoms with van der Waals surface area (Å²) < 4.78 is 0. The number of rotatable bonds is 2. The third-order valence-corrected chi connectivity index (χ3v) is 3.90. The Balaban J connectivity index is 1.95. The molecule has 3 rings (SSSR count). The minimum atomic E-state index is -0.318. The molecule has 2 aliphatic rings. The fraction of sp³-hybridized carbons (Fsp3) is 0.467. The molecule has 1 N–H and O–H groups in total. The van der Waals surface area contributed by atoms with Crippen molar-refractivity contribution in [3.8, 4) is 0 Å². The molecule has 1 heterocycles. The van der Waals surface area contributed by atoms with Crippen molar-refractivity contribution in [1.29, 1.82) is 0 Å². The van der Waals surface area contributed by atoms with E-state index in [1.54, 1.807) is 4.90 Å². The van der Waals surface area contributed by atoms with E-state index in [2.05, 4.69) is 5.32 Å². The quantitative estimate of drug-likeness (QED) is 0.875. The highest BCUT2D eigenvalue weighted by Gasteiger charge is 2.43. The van der Waals surface area contributed by atoms with Gasteiger partial charge < -0.3 is 10.2 Å². The Morgan fingerprint density at radius 2 is 1.95 bits per heavy atom. The van der Waals surface area contributed by atoms with E-state index in [-0.39, 0.29) is 24.4 Å². The Kier molecular flexibility index (Phi) is 2.81. The maximum absolute atomic E-state index is 12.5. The lowest BCUT2D eigenvalue weighted by molar-refractivity contribution is -0.131. The number of nitrogens with one attached hydrogen (secondary N) is 1. The summed E-state index contributed by atoms with van der Waals surface area (Å²) in [6.07, 6.45) is 2.08. The molecule has 19 heavy (non-hydrogen) atoms. The smallest absolute Gasteiger partial charge is 0.250 e. The minimum absolute atomic E-state index is 0.0378. The standard InChI is InChI=1S/C15H18N2O2/c1-9-3-4-10(2)12(7-9)17-8-13(18)16-14(15(17)19)11-5-6-11/h3-4,7,11,14H,5-6,8H2,1-2H3,(H,16,18). The maximum atomic E-state index is 12.5. The molecule has 2 amide bonds. The van der Waals surface area contributed by atoms with E-state index < -0.39 is 0 Å². The predicted molar refractivity (Wildman–Crippen MR) is 72.9 cm³/mol. The van der Waals surface area contributed by atoms with Crippen molar-refractivity contribution in [2.75, 3.05) is 11.4 Å². The maximum Gasteiger partial charge on any atom is 0.250 e. The second-order valence-electron chi connectivity index (χ2n) is 5.60. The third-order valence-electron chi connectivity index (χ3n) is 3.90. The molecule has 0 radical (unpaired) electrons. The van der Waals surface area contributed by atoms with Gasteiger partial charge in [-0.1, -0.05) is 12.1 Å². The van der Waals surface area contributed by atoms with E-state index in [0.717, 1.165) is 29.7 Å². The summed E-state index contributed by atoms with van der Waals surface area (Å²) in [5.41, 5.74) is 3.00. The molecule has 1 aliphatic carbocycles. The molecule has 2 fully saturated rings. The van der Waals surface area contributed by atoms with Crippen LogP contribution >= 0.6 is 0 Å². The summed E-state index contributed by atoms with van der Waals surface area (Å²) in [4.78, 5) is 26.0. The van der Waals surface area contributed by atoms with Crippen LogP contribution in [0.5, 0.6) is 0 Å². The van der Waals surface area contributed by atoms with Gasteiger partial charge in [0.25, 0.3) is 0 Å². The van der Waals surface area contributed by atoms with E-state index >= 15 is 0 Å². The second-order valence-corrected chi connectivity index (χ2v) is 5.60. The Morgan fingerprint density at radius 1 is 1.21 bits per heavy atom. The predicted octanol–water partition coefficient (Wildman–Crippen LogP) is 1.54. The fourth-order valence-electron chi connectivity index (χ4n) is 2.63. The van der Waals surface area contributed by atoms with Crippen LogP contribution in [-0.4, -0.2) is 24.4 Å². The van der Waals surface area contributed by atoms with E-state index in [4.69, 9.17) is 0 Å². The van der Waals surface area contributed by atoms with Gasteiger partial charge in [0.2, 0.25) is 11.8 Å². The fourth-order valence-corrected chi connectivity index (χ4v) is 2.63. The second kappa shape index (κ2) is 4.37. The minimum Gasteiger partial charge on any atom is -0.342 e.